The molecule has 0 N–H and O–H groups in total. The summed E-state index contributed by atoms with van der Waals surface area (Å²) in [5, 5.41) is 0.879. The lowest BCUT2D eigenvalue weighted by Crippen LogP contribution is -2.40. The summed E-state index contributed by atoms with van der Waals surface area (Å²) in [6, 6.07) is 13.4. The molecule has 3 rings (SSSR count). The number of aromatic nitrogens is 1. The van der Waals surface area contributed by atoms with Gasteiger partial charge in [0.2, 0.25) is 0 Å². The van der Waals surface area contributed by atoms with Crippen molar-refractivity contribution < 1.29 is 4.79 Å². The van der Waals surface area contributed by atoms with Gasteiger partial charge in [-0.1, -0.05) is 30.0 Å². The zero-order valence-corrected chi connectivity index (χ0v) is 10.7. The van der Waals surface area contributed by atoms with Gasteiger partial charge in [0.05, 0.1) is 10.9 Å². The first-order chi connectivity index (χ1) is 8.77. The minimum Gasteiger partial charge on any atom is -0.296 e. The van der Waals surface area contributed by atoms with E-state index in [0.717, 1.165) is 10.7 Å². The Bertz CT molecular complexity index is 585. The van der Waals surface area contributed by atoms with E-state index in [1.54, 1.807) is 24.0 Å². The summed E-state index contributed by atoms with van der Waals surface area (Å²) in [7, 11) is 0. The van der Waals surface area contributed by atoms with Gasteiger partial charge in [0.15, 0.2) is 0 Å². The van der Waals surface area contributed by atoms with Crippen molar-refractivity contribution in [2.75, 3.05) is 4.90 Å². The maximum absolute atomic E-state index is 12.5. The Morgan fingerprint density at radius 3 is 2.72 bits per heavy atom. The van der Waals surface area contributed by atoms with Crippen LogP contribution in [0, 0.1) is 0 Å². The van der Waals surface area contributed by atoms with Crippen LogP contribution in [0.3, 0.4) is 0 Å². The molecule has 0 saturated heterocycles. The molecule has 1 unspecified atom stereocenters. The van der Waals surface area contributed by atoms with Crippen molar-refractivity contribution in [1.29, 1.82) is 0 Å². The van der Waals surface area contributed by atoms with Crippen LogP contribution in [-0.2, 0) is 0 Å². The van der Waals surface area contributed by atoms with Gasteiger partial charge in [-0.25, -0.2) is 4.98 Å². The maximum atomic E-state index is 12.5. The van der Waals surface area contributed by atoms with Crippen LogP contribution in [-0.4, -0.2) is 16.3 Å². The Kier molecular flexibility index (Phi) is 2.80. The second-order valence-electron chi connectivity index (χ2n) is 4.08. The number of carbonyl (C=O) groups excluding carboxylic acids is 1. The molecule has 18 heavy (non-hydrogen) atoms. The van der Waals surface area contributed by atoms with Gasteiger partial charge in [0.1, 0.15) is 5.03 Å². The van der Waals surface area contributed by atoms with E-state index >= 15 is 0 Å². The molecule has 0 fully saturated rings. The zero-order valence-electron chi connectivity index (χ0n) is 9.91. The van der Waals surface area contributed by atoms with Gasteiger partial charge in [-0.15, -0.1) is 0 Å². The second kappa shape index (κ2) is 4.46. The highest BCUT2D eigenvalue weighted by Crippen LogP contribution is 2.36. The summed E-state index contributed by atoms with van der Waals surface area (Å²) in [4.78, 5) is 18.6. The van der Waals surface area contributed by atoms with E-state index in [-0.39, 0.29) is 11.3 Å². The van der Waals surface area contributed by atoms with Crippen LogP contribution in [0.4, 0.5) is 5.69 Å². The average Bonchev–Trinajstić information content (AvgIpc) is 2.40. The number of anilines is 1. The minimum absolute atomic E-state index is 0.0237. The van der Waals surface area contributed by atoms with Crippen LogP contribution < -0.4 is 4.90 Å². The molecule has 0 radical (unpaired) electrons. The molecule has 1 aromatic carbocycles. The predicted octanol–water partition coefficient (Wildman–Crippen LogP) is 3.18. The molecule has 1 aromatic heterocycles. The Morgan fingerprint density at radius 2 is 1.94 bits per heavy atom. The summed E-state index contributed by atoms with van der Waals surface area (Å²) in [6.07, 6.45) is 1.73. The SMILES string of the molecule is CC1Sc2ncccc2C(=O)N1c1ccccc1. The highest BCUT2D eigenvalue weighted by atomic mass is 32.2. The smallest absolute Gasteiger partial charge is 0.261 e. The molecule has 1 aliphatic rings. The molecule has 0 saturated carbocycles. The van der Waals surface area contributed by atoms with Crippen molar-refractivity contribution in [3.63, 3.8) is 0 Å². The monoisotopic (exact) mass is 256 g/mol. The van der Waals surface area contributed by atoms with Crippen LogP contribution in [0.1, 0.15) is 17.3 Å². The fourth-order valence-electron chi connectivity index (χ4n) is 2.07. The van der Waals surface area contributed by atoms with Gasteiger partial charge < -0.3 is 0 Å². The normalized spacial score (nSPS) is 18.6. The molecule has 90 valence electrons. The maximum Gasteiger partial charge on any atom is 0.261 e. The molecular formula is C14H12N2OS. The minimum atomic E-state index is 0.0237. The number of hydrogen-bond donors (Lipinski definition) is 0. The van der Waals surface area contributed by atoms with Gasteiger partial charge in [0.25, 0.3) is 5.91 Å². The molecule has 3 nitrogen and oxygen atoms in total. The number of pyridine rings is 1. The van der Waals surface area contributed by atoms with Crippen molar-refractivity contribution in [2.24, 2.45) is 0 Å². The molecule has 1 aliphatic heterocycles. The van der Waals surface area contributed by atoms with E-state index in [1.165, 1.54) is 0 Å². The number of fused-ring (bicyclic) bond motifs is 1. The van der Waals surface area contributed by atoms with Gasteiger partial charge in [-0.3, -0.25) is 9.69 Å². The Labute approximate surface area is 110 Å². The van der Waals surface area contributed by atoms with Crippen LogP contribution >= 0.6 is 11.8 Å². The molecule has 4 heteroatoms. The van der Waals surface area contributed by atoms with Gasteiger partial charge in [-0.05, 0) is 31.2 Å². The number of amides is 1. The van der Waals surface area contributed by atoms with Crippen LogP contribution in [0.5, 0.6) is 0 Å². The van der Waals surface area contributed by atoms with Crippen molar-refractivity contribution in [1.82, 2.24) is 4.98 Å². The molecule has 1 amide bonds. The van der Waals surface area contributed by atoms with E-state index in [2.05, 4.69) is 4.98 Å². The molecule has 0 spiro atoms. The number of thioether (sulfide) groups is 1. The zero-order chi connectivity index (χ0) is 12.5. The van der Waals surface area contributed by atoms with E-state index in [4.69, 9.17) is 0 Å². The number of rotatable bonds is 1. The lowest BCUT2D eigenvalue weighted by molar-refractivity contribution is 0.0979. The van der Waals surface area contributed by atoms with E-state index < -0.39 is 0 Å². The van der Waals surface area contributed by atoms with Crippen molar-refractivity contribution >= 4 is 23.4 Å². The van der Waals surface area contributed by atoms with Crippen LogP contribution in [0.15, 0.2) is 53.7 Å². The predicted molar refractivity (Wildman–Crippen MR) is 72.8 cm³/mol. The van der Waals surface area contributed by atoms with Crippen molar-refractivity contribution in [3.05, 3.63) is 54.2 Å². The van der Waals surface area contributed by atoms with Gasteiger partial charge >= 0.3 is 0 Å². The van der Waals surface area contributed by atoms with E-state index in [9.17, 15) is 4.79 Å². The average molecular weight is 256 g/mol. The lowest BCUT2D eigenvalue weighted by atomic mass is 10.2. The first kappa shape index (κ1) is 11.3. The highest BCUT2D eigenvalue weighted by Gasteiger charge is 2.31. The number of nitrogens with zero attached hydrogens (tertiary/aromatic N) is 2. The number of benzene rings is 1. The molecule has 0 aliphatic carbocycles. The third kappa shape index (κ3) is 1.78. The molecular weight excluding hydrogens is 244 g/mol. The summed E-state index contributed by atoms with van der Waals surface area (Å²) >= 11 is 1.61. The van der Waals surface area contributed by atoms with E-state index in [1.807, 2.05) is 48.2 Å². The summed E-state index contributed by atoms with van der Waals surface area (Å²) < 4.78 is 0. The van der Waals surface area contributed by atoms with E-state index in [0.29, 0.717) is 5.56 Å². The number of carbonyl (C=O) groups is 1. The quantitative estimate of drug-likeness (QED) is 0.785. The first-order valence-electron chi connectivity index (χ1n) is 5.77. The molecule has 2 aromatic rings. The summed E-state index contributed by atoms with van der Waals surface area (Å²) in [5.74, 6) is 0.0237. The highest BCUT2D eigenvalue weighted by molar-refractivity contribution is 8.00. The van der Waals surface area contributed by atoms with Gasteiger partial charge in [-0.2, -0.15) is 0 Å². The Hall–Kier alpha value is -1.81. The van der Waals surface area contributed by atoms with Crippen LogP contribution in [0.25, 0.3) is 0 Å². The Balaban J connectivity index is 2.06. The topological polar surface area (TPSA) is 33.2 Å². The van der Waals surface area contributed by atoms with Crippen molar-refractivity contribution in [2.45, 2.75) is 17.3 Å². The fourth-order valence-corrected chi connectivity index (χ4v) is 3.12. The van der Waals surface area contributed by atoms with Crippen LogP contribution in [0.2, 0.25) is 0 Å². The first-order valence-corrected chi connectivity index (χ1v) is 6.65. The van der Waals surface area contributed by atoms with Gasteiger partial charge in [0, 0.05) is 11.9 Å². The molecule has 0 bridgehead atoms. The molecule has 2 heterocycles. The number of hydrogen-bond acceptors (Lipinski definition) is 3. The number of para-hydroxylation sites is 1. The van der Waals surface area contributed by atoms with Crippen molar-refractivity contribution in [3.8, 4) is 0 Å². The summed E-state index contributed by atoms with van der Waals surface area (Å²) in [6.45, 7) is 2.02. The fraction of sp³-hybridized carbons (Fsp3) is 0.143. The second-order valence-corrected chi connectivity index (χ2v) is 5.39. The molecule has 1 atom stereocenters. The third-order valence-corrected chi connectivity index (χ3v) is 4.00. The standard InChI is InChI=1S/C14H12N2OS/c1-10-16(11-6-3-2-4-7-11)14(17)12-8-5-9-15-13(12)18-10/h2-10H,1H3. The summed E-state index contributed by atoms with van der Waals surface area (Å²) in [5.41, 5.74) is 1.61. The Morgan fingerprint density at radius 1 is 1.17 bits per heavy atom. The lowest BCUT2D eigenvalue weighted by Gasteiger charge is -2.33. The third-order valence-electron chi connectivity index (χ3n) is 2.90. The largest absolute Gasteiger partial charge is 0.296 e.